The van der Waals surface area contributed by atoms with Crippen LogP contribution in [0.25, 0.3) is 55.1 Å². The predicted molar refractivity (Wildman–Crippen MR) is 131 cm³/mol. The summed E-state index contributed by atoms with van der Waals surface area (Å²) >= 11 is 0. The standard InChI is InChI=1S/C29H22N2/c1-2-31-28-17-16-22(19-27(28)30-29(31)20-10-4-3-5-11-20)26-18-21-12-6-7-13-23(21)24-14-8-9-15-25(24)26/h3-19H,2H2,1H3. The van der Waals surface area contributed by atoms with Crippen molar-refractivity contribution in [2.24, 2.45) is 0 Å². The zero-order valence-electron chi connectivity index (χ0n) is 17.4. The summed E-state index contributed by atoms with van der Waals surface area (Å²) in [6.07, 6.45) is 0. The Morgan fingerprint density at radius 1 is 0.645 bits per heavy atom. The highest BCUT2D eigenvalue weighted by Gasteiger charge is 2.14. The lowest BCUT2D eigenvalue weighted by Crippen LogP contribution is -1.97. The van der Waals surface area contributed by atoms with Crippen molar-refractivity contribution in [2.75, 3.05) is 0 Å². The maximum absolute atomic E-state index is 5.05. The van der Waals surface area contributed by atoms with Gasteiger partial charge in [-0.1, -0.05) is 84.9 Å². The molecule has 2 heteroatoms. The van der Waals surface area contributed by atoms with Crippen molar-refractivity contribution in [3.63, 3.8) is 0 Å². The first-order valence-corrected chi connectivity index (χ1v) is 10.8. The highest BCUT2D eigenvalue weighted by atomic mass is 15.1. The maximum Gasteiger partial charge on any atom is 0.141 e. The zero-order valence-corrected chi connectivity index (χ0v) is 17.4. The van der Waals surface area contributed by atoms with Crippen LogP contribution < -0.4 is 0 Å². The van der Waals surface area contributed by atoms with E-state index in [1.54, 1.807) is 0 Å². The van der Waals surface area contributed by atoms with E-state index in [9.17, 15) is 0 Å². The molecular weight excluding hydrogens is 376 g/mol. The van der Waals surface area contributed by atoms with Gasteiger partial charge in [0.15, 0.2) is 0 Å². The Labute approximate surface area is 181 Å². The first-order chi connectivity index (χ1) is 15.3. The summed E-state index contributed by atoms with van der Waals surface area (Å²) in [5.41, 5.74) is 5.82. The Kier molecular flexibility index (Phi) is 4.10. The number of nitrogens with zero attached hydrogens (tertiary/aromatic N) is 2. The van der Waals surface area contributed by atoms with Gasteiger partial charge in [0.1, 0.15) is 5.82 Å². The Hall–Kier alpha value is -3.91. The molecule has 1 heterocycles. The molecule has 1 aromatic heterocycles. The van der Waals surface area contributed by atoms with E-state index in [-0.39, 0.29) is 0 Å². The van der Waals surface area contributed by atoms with E-state index in [0.29, 0.717) is 0 Å². The first kappa shape index (κ1) is 17.9. The molecule has 0 aliphatic heterocycles. The van der Waals surface area contributed by atoms with E-state index in [0.717, 1.165) is 23.4 Å². The SMILES string of the molecule is CCn1c(-c2ccccc2)nc2cc(-c3cc4ccccc4c4ccccc34)ccc21. The number of rotatable bonds is 3. The van der Waals surface area contributed by atoms with Crippen LogP contribution in [-0.2, 0) is 6.54 Å². The fourth-order valence-corrected chi connectivity index (χ4v) is 4.72. The van der Waals surface area contributed by atoms with Gasteiger partial charge in [0.05, 0.1) is 11.0 Å². The van der Waals surface area contributed by atoms with E-state index in [1.165, 1.54) is 38.2 Å². The maximum atomic E-state index is 5.05. The molecule has 31 heavy (non-hydrogen) atoms. The third kappa shape index (κ3) is 2.83. The van der Waals surface area contributed by atoms with Crippen molar-refractivity contribution in [3.05, 3.63) is 103 Å². The van der Waals surface area contributed by atoms with Crippen molar-refractivity contribution in [2.45, 2.75) is 13.5 Å². The molecule has 0 radical (unpaired) electrons. The fraction of sp³-hybridized carbons (Fsp3) is 0.0690. The minimum atomic E-state index is 0.888. The number of aromatic nitrogens is 2. The molecule has 148 valence electrons. The summed E-state index contributed by atoms with van der Waals surface area (Å²) in [5, 5.41) is 5.13. The van der Waals surface area contributed by atoms with Crippen molar-refractivity contribution in [1.29, 1.82) is 0 Å². The molecule has 0 bridgehead atoms. The summed E-state index contributed by atoms with van der Waals surface area (Å²) in [6, 6.07) is 36.8. The van der Waals surface area contributed by atoms with Gasteiger partial charge < -0.3 is 4.57 Å². The van der Waals surface area contributed by atoms with Crippen LogP contribution in [0.4, 0.5) is 0 Å². The Balaban J connectivity index is 1.61. The van der Waals surface area contributed by atoms with Gasteiger partial charge in [-0.2, -0.15) is 0 Å². The summed E-state index contributed by atoms with van der Waals surface area (Å²) in [7, 11) is 0. The molecule has 6 rings (SSSR count). The van der Waals surface area contributed by atoms with E-state index >= 15 is 0 Å². The molecule has 2 nitrogen and oxygen atoms in total. The van der Waals surface area contributed by atoms with Gasteiger partial charge in [0.25, 0.3) is 0 Å². The van der Waals surface area contributed by atoms with Crippen molar-refractivity contribution in [3.8, 4) is 22.5 Å². The van der Waals surface area contributed by atoms with Crippen LogP contribution in [-0.4, -0.2) is 9.55 Å². The molecule has 6 aromatic rings. The lowest BCUT2D eigenvalue weighted by atomic mass is 9.93. The summed E-state index contributed by atoms with van der Waals surface area (Å²) < 4.78 is 2.30. The largest absolute Gasteiger partial charge is 0.324 e. The van der Waals surface area contributed by atoms with Gasteiger partial charge >= 0.3 is 0 Å². The van der Waals surface area contributed by atoms with E-state index < -0.39 is 0 Å². The molecule has 0 unspecified atom stereocenters. The second-order valence-electron chi connectivity index (χ2n) is 7.94. The quantitative estimate of drug-likeness (QED) is 0.279. The van der Waals surface area contributed by atoms with Crippen LogP contribution in [0, 0.1) is 0 Å². The van der Waals surface area contributed by atoms with Crippen molar-refractivity contribution < 1.29 is 0 Å². The second kappa shape index (κ2) is 7.10. The summed E-state index contributed by atoms with van der Waals surface area (Å²) in [6.45, 7) is 3.07. The first-order valence-electron chi connectivity index (χ1n) is 10.8. The monoisotopic (exact) mass is 398 g/mol. The Morgan fingerprint density at radius 2 is 1.35 bits per heavy atom. The molecule has 0 saturated carbocycles. The van der Waals surface area contributed by atoms with E-state index in [1.807, 2.05) is 6.07 Å². The highest BCUT2D eigenvalue weighted by molar-refractivity contribution is 6.14. The minimum absolute atomic E-state index is 0.888. The van der Waals surface area contributed by atoms with Crippen LogP contribution in [0.2, 0.25) is 0 Å². The average molecular weight is 399 g/mol. The molecule has 0 aliphatic rings. The molecular formula is C29H22N2. The predicted octanol–water partition coefficient (Wildman–Crippen LogP) is 7.70. The van der Waals surface area contributed by atoms with Crippen LogP contribution in [0.3, 0.4) is 0 Å². The van der Waals surface area contributed by atoms with Crippen LogP contribution in [0.1, 0.15) is 6.92 Å². The van der Waals surface area contributed by atoms with E-state index in [2.05, 4.69) is 109 Å². The number of hydrogen-bond acceptors (Lipinski definition) is 1. The van der Waals surface area contributed by atoms with Gasteiger partial charge in [0, 0.05) is 12.1 Å². The third-order valence-electron chi connectivity index (χ3n) is 6.18. The van der Waals surface area contributed by atoms with Crippen molar-refractivity contribution >= 4 is 32.6 Å². The smallest absolute Gasteiger partial charge is 0.141 e. The molecule has 0 spiro atoms. The molecule has 0 saturated heterocycles. The average Bonchev–Trinajstić information content (AvgIpc) is 3.22. The van der Waals surface area contributed by atoms with Crippen LogP contribution in [0.5, 0.6) is 0 Å². The normalized spacial score (nSPS) is 11.5. The Morgan fingerprint density at radius 3 is 2.16 bits per heavy atom. The van der Waals surface area contributed by atoms with Gasteiger partial charge in [-0.15, -0.1) is 0 Å². The number of hydrogen-bond donors (Lipinski definition) is 0. The number of imidazole rings is 1. The number of aryl methyl sites for hydroxylation is 1. The van der Waals surface area contributed by atoms with E-state index in [4.69, 9.17) is 4.98 Å². The molecule has 0 fully saturated rings. The molecule has 0 atom stereocenters. The number of fused-ring (bicyclic) bond motifs is 4. The lowest BCUT2D eigenvalue weighted by molar-refractivity contribution is 0.796. The van der Waals surface area contributed by atoms with Gasteiger partial charge in [-0.3, -0.25) is 0 Å². The van der Waals surface area contributed by atoms with Gasteiger partial charge in [-0.05, 0) is 57.8 Å². The van der Waals surface area contributed by atoms with Gasteiger partial charge in [0.2, 0.25) is 0 Å². The summed E-state index contributed by atoms with van der Waals surface area (Å²) in [5.74, 6) is 1.03. The minimum Gasteiger partial charge on any atom is -0.324 e. The van der Waals surface area contributed by atoms with Crippen molar-refractivity contribution in [1.82, 2.24) is 9.55 Å². The second-order valence-corrected chi connectivity index (χ2v) is 7.94. The topological polar surface area (TPSA) is 17.8 Å². The highest BCUT2D eigenvalue weighted by Crippen LogP contribution is 2.36. The molecule has 5 aromatic carbocycles. The van der Waals surface area contributed by atoms with Crippen LogP contribution >= 0.6 is 0 Å². The summed E-state index contributed by atoms with van der Waals surface area (Å²) in [4.78, 5) is 5.05. The zero-order chi connectivity index (χ0) is 20.8. The Bertz CT molecular complexity index is 1560. The van der Waals surface area contributed by atoms with Crippen LogP contribution in [0.15, 0.2) is 103 Å². The van der Waals surface area contributed by atoms with Gasteiger partial charge in [-0.25, -0.2) is 4.98 Å². The molecule has 0 aliphatic carbocycles. The molecule has 0 amide bonds. The lowest BCUT2D eigenvalue weighted by Gasteiger charge is -2.11. The molecule has 0 N–H and O–H groups in total. The third-order valence-corrected chi connectivity index (χ3v) is 6.18. The fourth-order valence-electron chi connectivity index (χ4n) is 4.72. The number of benzene rings is 5.